The van der Waals surface area contributed by atoms with Gasteiger partial charge in [-0.1, -0.05) is 18.2 Å². The number of fused-ring (bicyclic) bond motifs is 1. The van der Waals surface area contributed by atoms with E-state index >= 15 is 0 Å². The van der Waals surface area contributed by atoms with Crippen LogP contribution in [0.3, 0.4) is 0 Å². The van der Waals surface area contributed by atoms with E-state index in [0.717, 1.165) is 11.3 Å². The van der Waals surface area contributed by atoms with Crippen molar-refractivity contribution in [2.45, 2.75) is 57.5 Å². The van der Waals surface area contributed by atoms with E-state index in [0.29, 0.717) is 25.1 Å². The number of sulfonamides is 1. The first-order chi connectivity index (χ1) is 14.6. The highest BCUT2D eigenvalue weighted by molar-refractivity contribution is 7.89. The van der Waals surface area contributed by atoms with E-state index in [1.54, 1.807) is 16.4 Å². The smallest absolute Gasteiger partial charge is 0.307 e. The van der Waals surface area contributed by atoms with E-state index in [1.165, 1.54) is 11.1 Å². The van der Waals surface area contributed by atoms with Gasteiger partial charge in [0.1, 0.15) is 0 Å². The second-order valence-corrected chi connectivity index (χ2v) is 10.9. The number of aryl methyl sites for hydroxylation is 2. The van der Waals surface area contributed by atoms with Gasteiger partial charge in [0.15, 0.2) is 0 Å². The van der Waals surface area contributed by atoms with Crippen molar-refractivity contribution in [3.8, 4) is 0 Å². The van der Waals surface area contributed by atoms with Crippen LogP contribution in [0.1, 0.15) is 36.1 Å². The molecule has 7 heteroatoms. The molecule has 1 fully saturated rings. The molecule has 2 aliphatic rings. The van der Waals surface area contributed by atoms with Gasteiger partial charge in [0.05, 0.1) is 10.8 Å². The minimum atomic E-state index is -3.74. The number of aliphatic carboxylic acids is 1. The minimum absolute atomic E-state index is 0.206. The second kappa shape index (κ2) is 7.95. The maximum absolute atomic E-state index is 13.7. The molecule has 1 aliphatic heterocycles. The number of hydrogen-bond acceptors (Lipinski definition) is 4. The predicted octanol–water partition coefficient (Wildman–Crippen LogP) is 3.39. The number of piperazine rings is 1. The highest BCUT2D eigenvalue weighted by Crippen LogP contribution is 2.36. The SMILES string of the molecule is Cc1ccc(N2C[C@@H](C)N(S(=O)(=O)c3cccc4c3CC(C(=O)O)C4)[C@@H](C)C2)cc1C. The zero-order valence-corrected chi connectivity index (χ0v) is 19.3. The summed E-state index contributed by atoms with van der Waals surface area (Å²) in [5.74, 6) is -1.42. The average Bonchev–Trinajstić information content (AvgIpc) is 3.14. The van der Waals surface area contributed by atoms with E-state index in [9.17, 15) is 18.3 Å². The molecule has 31 heavy (non-hydrogen) atoms. The number of benzene rings is 2. The fourth-order valence-electron chi connectivity index (χ4n) is 5.06. The first kappa shape index (κ1) is 21.8. The molecular formula is C24H30N2O4S. The van der Waals surface area contributed by atoms with Gasteiger partial charge in [-0.3, -0.25) is 4.79 Å². The van der Waals surface area contributed by atoms with Crippen molar-refractivity contribution in [1.29, 1.82) is 0 Å². The Balaban J connectivity index is 1.63. The molecule has 2 aromatic rings. The van der Waals surface area contributed by atoms with Crippen molar-refractivity contribution in [3.63, 3.8) is 0 Å². The summed E-state index contributed by atoms with van der Waals surface area (Å²) < 4.78 is 29.1. The minimum Gasteiger partial charge on any atom is -0.481 e. The van der Waals surface area contributed by atoms with Crippen LogP contribution >= 0.6 is 0 Å². The molecule has 4 rings (SSSR count). The third-order valence-corrected chi connectivity index (χ3v) is 8.96. The molecule has 0 radical (unpaired) electrons. The lowest BCUT2D eigenvalue weighted by Gasteiger charge is -2.44. The number of carboxylic acid groups (broad SMARTS) is 1. The summed E-state index contributed by atoms with van der Waals surface area (Å²) in [5.41, 5.74) is 5.08. The Morgan fingerprint density at radius 1 is 1.00 bits per heavy atom. The molecule has 1 heterocycles. The maximum Gasteiger partial charge on any atom is 0.307 e. The van der Waals surface area contributed by atoms with E-state index < -0.39 is 21.9 Å². The number of hydrogen-bond donors (Lipinski definition) is 1. The molecule has 0 spiro atoms. The molecule has 1 unspecified atom stereocenters. The van der Waals surface area contributed by atoms with Crippen LogP contribution < -0.4 is 4.90 Å². The van der Waals surface area contributed by atoms with Gasteiger partial charge in [-0.25, -0.2) is 8.42 Å². The zero-order chi connectivity index (χ0) is 22.5. The van der Waals surface area contributed by atoms with Crippen molar-refractivity contribution >= 4 is 21.7 Å². The van der Waals surface area contributed by atoms with Crippen LogP contribution in [0.5, 0.6) is 0 Å². The van der Waals surface area contributed by atoms with Crippen LogP contribution in [0.15, 0.2) is 41.3 Å². The Morgan fingerprint density at radius 2 is 1.68 bits per heavy atom. The molecule has 6 nitrogen and oxygen atoms in total. The van der Waals surface area contributed by atoms with Crippen LogP contribution in [0, 0.1) is 19.8 Å². The van der Waals surface area contributed by atoms with Gasteiger partial charge in [-0.05, 0) is 81.0 Å². The summed E-state index contributed by atoms with van der Waals surface area (Å²) in [4.78, 5) is 14.0. The molecular weight excluding hydrogens is 412 g/mol. The van der Waals surface area contributed by atoms with Gasteiger partial charge >= 0.3 is 5.97 Å². The quantitative estimate of drug-likeness (QED) is 0.785. The number of nitrogens with zero attached hydrogens (tertiary/aromatic N) is 2. The summed E-state index contributed by atoms with van der Waals surface area (Å²) in [7, 11) is -3.74. The monoisotopic (exact) mass is 442 g/mol. The topological polar surface area (TPSA) is 77.9 Å². The number of rotatable bonds is 4. The molecule has 166 valence electrons. The molecule has 0 amide bonds. The summed E-state index contributed by atoms with van der Waals surface area (Å²) in [6.07, 6.45) is 0.658. The van der Waals surface area contributed by atoms with Crippen LogP contribution in [-0.4, -0.2) is 49.0 Å². The third kappa shape index (κ3) is 3.85. The predicted molar refractivity (Wildman–Crippen MR) is 121 cm³/mol. The lowest BCUT2D eigenvalue weighted by atomic mass is 10.1. The van der Waals surface area contributed by atoms with Crippen LogP contribution in [0.25, 0.3) is 0 Å². The first-order valence-corrected chi connectivity index (χ1v) is 12.2. The molecule has 2 aromatic carbocycles. The average molecular weight is 443 g/mol. The highest BCUT2D eigenvalue weighted by Gasteiger charge is 2.41. The Kier molecular flexibility index (Phi) is 5.60. The van der Waals surface area contributed by atoms with Gasteiger partial charge in [-0.15, -0.1) is 0 Å². The van der Waals surface area contributed by atoms with E-state index in [1.807, 2.05) is 19.9 Å². The van der Waals surface area contributed by atoms with Crippen LogP contribution in [0.4, 0.5) is 5.69 Å². The summed E-state index contributed by atoms with van der Waals surface area (Å²) in [5, 5.41) is 9.42. The molecule has 0 saturated carbocycles. The molecule has 1 saturated heterocycles. The van der Waals surface area contributed by atoms with Gasteiger partial charge in [0.25, 0.3) is 0 Å². The van der Waals surface area contributed by atoms with Gasteiger partial charge in [-0.2, -0.15) is 4.31 Å². The van der Waals surface area contributed by atoms with Crippen molar-refractivity contribution in [1.82, 2.24) is 4.31 Å². The second-order valence-electron chi connectivity index (χ2n) is 9.04. The molecule has 0 aromatic heterocycles. The van der Waals surface area contributed by atoms with Gasteiger partial charge in [0, 0.05) is 30.9 Å². The maximum atomic E-state index is 13.7. The van der Waals surface area contributed by atoms with Gasteiger partial charge < -0.3 is 10.0 Å². The molecule has 1 aliphatic carbocycles. The Morgan fingerprint density at radius 3 is 2.29 bits per heavy atom. The number of anilines is 1. The molecule has 3 atom stereocenters. The summed E-state index contributed by atoms with van der Waals surface area (Å²) in [6, 6.07) is 11.2. The fraction of sp³-hybridized carbons (Fsp3) is 0.458. The van der Waals surface area contributed by atoms with Crippen molar-refractivity contribution in [2.75, 3.05) is 18.0 Å². The van der Waals surface area contributed by atoms with Crippen LogP contribution in [-0.2, 0) is 27.7 Å². The van der Waals surface area contributed by atoms with Crippen molar-refractivity contribution < 1.29 is 18.3 Å². The normalized spacial score (nSPS) is 24.3. The first-order valence-electron chi connectivity index (χ1n) is 10.8. The van der Waals surface area contributed by atoms with E-state index in [4.69, 9.17) is 0 Å². The summed E-state index contributed by atoms with van der Waals surface area (Å²) >= 11 is 0. The van der Waals surface area contributed by atoms with Gasteiger partial charge in [0.2, 0.25) is 10.0 Å². The van der Waals surface area contributed by atoms with Crippen molar-refractivity contribution in [3.05, 3.63) is 58.7 Å². The number of carbonyl (C=O) groups is 1. The largest absolute Gasteiger partial charge is 0.481 e. The van der Waals surface area contributed by atoms with Crippen molar-refractivity contribution in [2.24, 2.45) is 5.92 Å². The zero-order valence-electron chi connectivity index (χ0n) is 18.5. The lowest BCUT2D eigenvalue weighted by Crippen LogP contribution is -2.58. The Labute approximate surface area is 184 Å². The fourth-order valence-corrected chi connectivity index (χ4v) is 7.15. The molecule has 1 N–H and O–H groups in total. The Hall–Kier alpha value is -2.38. The standard InChI is InChI=1S/C24H30N2O4S/c1-15-8-9-21(10-16(15)2)25-13-17(3)26(18(4)14-25)31(29,30)23-7-5-6-19-11-20(24(27)28)12-22(19)23/h5-10,17-18,20H,11-14H2,1-4H3,(H,27,28)/t17-,18+,20?. The highest BCUT2D eigenvalue weighted by atomic mass is 32.2. The Bertz CT molecular complexity index is 1120. The lowest BCUT2D eigenvalue weighted by molar-refractivity contribution is -0.141. The molecule has 0 bridgehead atoms. The number of carboxylic acids is 1. The third-order valence-electron chi connectivity index (χ3n) is 6.75. The van der Waals surface area contributed by atoms with E-state index in [-0.39, 0.29) is 23.4 Å². The van der Waals surface area contributed by atoms with Crippen LogP contribution in [0.2, 0.25) is 0 Å². The van der Waals surface area contributed by atoms with E-state index in [2.05, 4.69) is 36.9 Å². The summed E-state index contributed by atoms with van der Waals surface area (Å²) in [6.45, 7) is 9.29.